The Morgan fingerprint density at radius 2 is 1.95 bits per heavy atom. The second-order valence-electron chi connectivity index (χ2n) is 5.76. The Bertz CT molecular complexity index is 402. The molecule has 104 valence electrons. The van der Waals surface area contributed by atoms with Crippen molar-refractivity contribution in [2.75, 3.05) is 32.7 Å². The predicted octanol–water partition coefficient (Wildman–Crippen LogP) is 2.23. The molecule has 0 spiro atoms. The maximum atomic E-state index is 12.2. The molecule has 4 heteroatoms. The molecule has 0 aromatic carbocycles. The van der Waals surface area contributed by atoms with E-state index in [2.05, 4.69) is 4.90 Å². The standard InChI is InChI=1S/C15H22N2O2/c18-15(14-5-10-19-12-14)17-8-3-13(4-9-17)11-16-6-1-2-7-16/h5,10,12-13H,1-4,6-9,11H2. The van der Waals surface area contributed by atoms with Gasteiger partial charge in [0.15, 0.2) is 0 Å². The van der Waals surface area contributed by atoms with Gasteiger partial charge in [0.25, 0.3) is 5.91 Å². The Morgan fingerprint density at radius 3 is 2.58 bits per heavy atom. The van der Waals surface area contributed by atoms with E-state index in [4.69, 9.17) is 4.42 Å². The van der Waals surface area contributed by atoms with Crippen molar-refractivity contribution >= 4 is 5.91 Å². The lowest BCUT2D eigenvalue weighted by Crippen LogP contribution is -2.41. The average Bonchev–Trinajstić information content (AvgIpc) is 3.12. The van der Waals surface area contributed by atoms with Gasteiger partial charge < -0.3 is 14.2 Å². The van der Waals surface area contributed by atoms with Crippen molar-refractivity contribution in [3.8, 4) is 0 Å². The minimum atomic E-state index is 0.119. The third-order valence-corrected chi connectivity index (χ3v) is 4.38. The number of nitrogens with zero attached hydrogens (tertiary/aromatic N) is 2. The maximum absolute atomic E-state index is 12.2. The van der Waals surface area contributed by atoms with Gasteiger partial charge in [0, 0.05) is 19.6 Å². The highest BCUT2D eigenvalue weighted by atomic mass is 16.3. The van der Waals surface area contributed by atoms with E-state index in [-0.39, 0.29) is 5.91 Å². The topological polar surface area (TPSA) is 36.7 Å². The molecule has 2 saturated heterocycles. The second kappa shape index (κ2) is 5.78. The minimum absolute atomic E-state index is 0.119. The van der Waals surface area contributed by atoms with Crippen LogP contribution in [-0.4, -0.2) is 48.4 Å². The van der Waals surface area contributed by atoms with Crippen LogP contribution >= 0.6 is 0 Å². The molecule has 1 aromatic heterocycles. The van der Waals surface area contributed by atoms with Crippen LogP contribution in [0.5, 0.6) is 0 Å². The van der Waals surface area contributed by atoms with Crippen molar-refractivity contribution in [1.82, 2.24) is 9.80 Å². The van der Waals surface area contributed by atoms with Gasteiger partial charge in [-0.25, -0.2) is 0 Å². The third kappa shape index (κ3) is 3.00. The van der Waals surface area contributed by atoms with Gasteiger partial charge in [0.05, 0.1) is 11.8 Å². The van der Waals surface area contributed by atoms with Crippen LogP contribution in [0.1, 0.15) is 36.0 Å². The van der Waals surface area contributed by atoms with Crippen molar-refractivity contribution in [2.45, 2.75) is 25.7 Å². The van der Waals surface area contributed by atoms with Crippen LogP contribution < -0.4 is 0 Å². The summed E-state index contributed by atoms with van der Waals surface area (Å²) in [7, 11) is 0. The molecule has 1 amide bonds. The Balaban J connectivity index is 1.47. The first kappa shape index (κ1) is 12.7. The van der Waals surface area contributed by atoms with Gasteiger partial charge in [-0.15, -0.1) is 0 Å². The Labute approximate surface area is 114 Å². The summed E-state index contributed by atoms with van der Waals surface area (Å²) in [6, 6.07) is 1.75. The van der Waals surface area contributed by atoms with E-state index in [1.54, 1.807) is 18.6 Å². The monoisotopic (exact) mass is 262 g/mol. The summed E-state index contributed by atoms with van der Waals surface area (Å²) in [5.41, 5.74) is 0.679. The Kier molecular flexibility index (Phi) is 3.87. The third-order valence-electron chi connectivity index (χ3n) is 4.38. The molecule has 0 saturated carbocycles. The van der Waals surface area contributed by atoms with E-state index in [9.17, 15) is 4.79 Å². The lowest BCUT2D eigenvalue weighted by atomic mass is 9.96. The average molecular weight is 262 g/mol. The highest BCUT2D eigenvalue weighted by Crippen LogP contribution is 2.21. The minimum Gasteiger partial charge on any atom is -0.472 e. The molecule has 0 aliphatic carbocycles. The van der Waals surface area contributed by atoms with Crippen LogP contribution in [0.25, 0.3) is 0 Å². The molecule has 0 unspecified atom stereocenters. The van der Waals surface area contributed by atoms with E-state index in [1.807, 2.05) is 4.90 Å². The molecule has 4 nitrogen and oxygen atoms in total. The van der Waals surface area contributed by atoms with Crippen molar-refractivity contribution in [3.63, 3.8) is 0 Å². The number of piperidine rings is 1. The molecule has 2 aliphatic heterocycles. The molecule has 3 rings (SSSR count). The van der Waals surface area contributed by atoms with Gasteiger partial charge in [-0.2, -0.15) is 0 Å². The van der Waals surface area contributed by atoms with E-state index in [0.29, 0.717) is 5.56 Å². The van der Waals surface area contributed by atoms with Gasteiger partial charge in [-0.3, -0.25) is 4.79 Å². The fourth-order valence-electron chi connectivity index (χ4n) is 3.22. The Morgan fingerprint density at radius 1 is 1.21 bits per heavy atom. The van der Waals surface area contributed by atoms with Crippen LogP contribution in [0.4, 0.5) is 0 Å². The zero-order chi connectivity index (χ0) is 13.1. The molecule has 0 atom stereocenters. The van der Waals surface area contributed by atoms with E-state index in [0.717, 1.165) is 31.8 Å². The largest absolute Gasteiger partial charge is 0.472 e. The maximum Gasteiger partial charge on any atom is 0.257 e. The van der Waals surface area contributed by atoms with Crippen LogP contribution in [0, 0.1) is 5.92 Å². The lowest BCUT2D eigenvalue weighted by Gasteiger charge is -2.33. The van der Waals surface area contributed by atoms with E-state index < -0.39 is 0 Å². The molecule has 1 aromatic rings. The van der Waals surface area contributed by atoms with Crippen molar-refractivity contribution < 1.29 is 9.21 Å². The second-order valence-corrected chi connectivity index (χ2v) is 5.76. The number of furan rings is 1. The zero-order valence-electron chi connectivity index (χ0n) is 11.4. The molecule has 2 fully saturated rings. The summed E-state index contributed by atoms with van der Waals surface area (Å²) >= 11 is 0. The summed E-state index contributed by atoms with van der Waals surface area (Å²) in [5, 5.41) is 0. The number of carbonyl (C=O) groups excluding carboxylic acids is 1. The zero-order valence-corrected chi connectivity index (χ0v) is 11.4. The fraction of sp³-hybridized carbons (Fsp3) is 0.667. The summed E-state index contributed by atoms with van der Waals surface area (Å²) < 4.78 is 4.98. The van der Waals surface area contributed by atoms with Gasteiger partial charge >= 0.3 is 0 Å². The van der Waals surface area contributed by atoms with Gasteiger partial charge in [-0.1, -0.05) is 0 Å². The molecule has 0 radical (unpaired) electrons. The molecule has 2 aliphatic rings. The van der Waals surface area contributed by atoms with Crippen molar-refractivity contribution in [3.05, 3.63) is 24.2 Å². The SMILES string of the molecule is O=C(c1ccoc1)N1CCC(CN2CCCC2)CC1. The van der Waals surface area contributed by atoms with Crippen LogP contribution in [0.15, 0.2) is 23.0 Å². The van der Waals surface area contributed by atoms with Crippen molar-refractivity contribution in [2.24, 2.45) is 5.92 Å². The highest BCUT2D eigenvalue weighted by molar-refractivity contribution is 5.93. The summed E-state index contributed by atoms with van der Waals surface area (Å²) in [5.74, 6) is 0.889. The van der Waals surface area contributed by atoms with Gasteiger partial charge in [-0.05, 0) is 50.8 Å². The summed E-state index contributed by atoms with van der Waals surface area (Å²) in [4.78, 5) is 16.7. The normalized spacial score (nSPS) is 22.0. The number of rotatable bonds is 3. The molecule has 0 N–H and O–H groups in total. The fourth-order valence-corrected chi connectivity index (χ4v) is 3.22. The first-order chi connectivity index (χ1) is 9.33. The molecule has 3 heterocycles. The molecular weight excluding hydrogens is 240 g/mol. The quantitative estimate of drug-likeness (QED) is 0.838. The van der Waals surface area contributed by atoms with Gasteiger partial charge in [0.1, 0.15) is 6.26 Å². The first-order valence-corrected chi connectivity index (χ1v) is 7.37. The number of hydrogen-bond donors (Lipinski definition) is 0. The lowest BCUT2D eigenvalue weighted by molar-refractivity contribution is 0.0672. The van der Waals surface area contributed by atoms with Crippen molar-refractivity contribution in [1.29, 1.82) is 0 Å². The predicted molar refractivity (Wildman–Crippen MR) is 73.0 cm³/mol. The number of carbonyl (C=O) groups is 1. The van der Waals surface area contributed by atoms with E-state index in [1.165, 1.54) is 32.5 Å². The molecular formula is C15H22N2O2. The van der Waals surface area contributed by atoms with Crippen LogP contribution in [0.3, 0.4) is 0 Å². The summed E-state index contributed by atoms with van der Waals surface area (Å²) in [6.07, 6.45) is 8.10. The van der Waals surface area contributed by atoms with E-state index >= 15 is 0 Å². The number of likely N-dealkylation sites (tertiary alicyclic amines) is 2. The first-order valence-electron chi connectivity index (χ1n) is 7.37. The van der Waals surface area contributed by atoms with Crippen LogP contribution in [0.2, 0.25) is 0 Å². The highest BCUT2D eigenvalue weighted by Gasteiger charge is 2.26. The van der Waals surface area contributed by atoms with Gasteiger partial charge in [0.2, 0.25) is 0 Å². The van der Waals surface area contributed by atoms with Crippen LogP contribution in [-0.2, 0) is 0 Å². The molecule has 0 bridgehead atoms. The Hall–Kier alpha value is -1.29. The number of amides is 1. The summed E-state index contributed by atoms with van der Waals surface area (Å²) in [6.45, 7) is 5.56. The smallest absolute Gasteiger partial charge is 0.257 e. The number of hydrogen-bond acceptors (Lipinski definition) is 3. The molecule has 19 heavy (non-hydrogen) atoms.